The minimum Gasteiger partial charge on any atom is -0.444 e. The van der Waals surface area contributed by atoms with Crippen molar-refractivity contribution in [3.63, 3.8) is 0 Å². The van der Waals surface area contributed by atoms with Crippen molar-refractivity contribution in [2.24, 2.45) is 0 Å². The molecule has 0 unspecified atom stereocenters. The molecule has 0 bridgehead atoms. The van der Waals surface area contributed by atoms with Gasteiger partial charge in [-0.05, 0) is 20.8 Å². The molecule has 2 aliphatic heterocycles. The molecule has 0 aromatic rings. The van der Waals surface area contributed by atoms with Gasteiger partial charge in [0.1, 0.15) is 5.60 Å². The zero-order chi connectivity index (χ0) is 14.6. The molecule has 0 aliphatic carbocycles. The van der Waals surface area contributed by atoms with Crippen molar-refractivity contribution >= 4 is 6.09 Å². The Morgan fingerprint density at radius 2 is 1.60 bits per heavy atom. The van der Waals surface area contributed by atoms with E-state index in [2.05, 4.69) is 4.90 Å². The quantitative estimate of drug-likeness (QED) is 0.718. The van der Waals surface area contributed by atoms with Crippen LogP contribution in [0.1, 0.15) is 20.8 Å². The van der Waals surface area contributed by atoms with Gasteiger partial charge in [0, 0.05) is 26.2 Å². The van der Waals surface area contributed by atoms with Crippen molar-refractivity contribution in [2.45, 2.75) is 32.4 Å². The van der Waals surface area contributed by atoms with E-state index in [9.17, 15) is 4.79 Å². The summed E-state index contributed by atoms with van der Waals surface area (Å²) in [4.78, 5) is 16.1. The molecule has 2 rings (SSSR count). The van der Waals surface area contributed by atoms with Crippen LogP contribution in [0.2, 0.25) is 0 Å². The van der Waals surface area contributed by atoms with Crippen molar-refractivity contribution in [2.75, 3.05) is 52.6 Å². The third-order valence-corrected chi connectivity index (χ3v) is 3.47. The Morgan fingerprint density at radius 1 is 1.05 bits per heavy atom. The van der Waals surface area contributed by atoms with E-state index >= 15 is 0 Å². The fraction of sp³-hybridized carbons (Fsp3) is 0.929. The summed E-state index contributed by atoms with van der Waals surface area (Å²) in [5, 5.41) is 0. The van der Waals surface area contributed by atoms with Crippen LogP contribution in [-0.2, 0) is 14.2 Å². The van der Waals surface area contributed by atoms with E-state index in [1.54, 1.807) is 4.90 Å². The number of amides is 1. The Labute approximate surface area is 120 Å². The van der Waals surface area contributed by atoms with E-state index in [-0.39, 0.29) is 6.09 Å². The number of carbonyl (C=O) groups excluding carboxylic acids is 1. The van der Waals surface area contributed by atoms with E-state index < -0.39 is 5.60 Å². The molecule has 0 aromatic carbocycles. The Bertz CT molecular complexity index is 314. The van der Waals surface area contributed by atoms with Crippen LogP contribution in [-0.4, -0.2) is 80.1 Å². The summed E-state index contributed by atoms with van der Waals surface area (Å²) in [6.45, 7) is 11.5. The number of rotatable bonds is 1. The van der Waals surface area contributed by atoms with Crippen molar-refractivity contribution in [1.82, 2.24) is 9.80 Å². The van der Waals surface area contributed by atoms with Gasteiger partial charge in [-0.3, -0.25) is 4.90 Å². The van der Waals surface area contributed by atoms with E-state index in [0.717, 1.165) is 13.1 Å². The standard InChI is InChI=1S/C14H26N2O4/c1-14(2,3)20-13(17)16-6-4-15(5-7-16)12-10-18-8-9-19-11-12/h12H,4-11H2,1-3H3. The average Bonchev–Trinajstić information content (AvgIpc) is 2.66. The van der Waals surface area contributed by atoms with E-state index in [0.29, 0.717) is 45.6 Å². The van der Waals surface area contributed by atoms with Crippen LogP contribution in [0.3, 0.4) is 0 Å². The zero-order valence-corrected chi connectivity index (χ0v) is 12.8. The van der Waals surface area contributed by atoms with Gasteiger partial charge in [0.05, 0.1) is 32.5 Å². The Hall–Kier alpha value is -0.850. The monoisotopic (exact) mass is 286 g/mol. The van der Waals surface area contributed by atoms with Gasteiger partial charge in [-0.1, -0.05) is 0 Å². The second kappa shape index (κ2) is 6.74. The van der Waals surface area contributed by atoms with Crippen LogP contribution in [0.4, 0.5) is 4.79 Å². The predicted molar refractivity (Wildman–Crippen MR) is 74.8 cm³/mol. The van der Waals surface area contributed by atoms with Gasteiger partial charge in [-0.25, -0.2) is 4.79 Å². The number of piperazine rings is 1. The minimum atomic E-state index is -0.433. The summed E-state index contributed by atoms with van der Waals surface area (Å²) >= 11 is 0. The first-order chi connectivity index (χ1) is 9.46. The predicted octanol–water partition coefficient (Wildman–Crippen LogP) is 0.955. The summed E-state index contributed by atoms with van der Waals surface area (Å²) in [5.41, 5.74) is -0.433. The maximum atomic E-state index is 12.0. The fourth-order valence-corrected chi connectivity index (χ4v) is 2.41. The molecule has 6 nitrogen and oxygen atoms in total. The molecule has 0 N–H and O–H groups in total. The van der Waals surface area contributed by atoms with Crippen molar-refractivity contribution in [1.29, 1.82) is 0 Å². The van der Waals surface area contributed by atoms with Crippen molar-refractivity contribution < 1.29 is 19.0 Å². The Balaban J connectivity index is 1.78. The molecule has 2 heterocycles. The van der Waals surface area contributed by atoms with Gasteiger partial charge in [-0.15, -0.1) is 0 Å². The topological polar surface area (TPSA) is 51.2 Å². The maximum absolute atomic E-state index is 12.0. The first-order valence-corrected chi connectivity index (χ1v) is 7.33. The summed E-state index contributed by atoms with van der Waals surface area (Å²) in [5.74, 6) is 0. The summed E-state index contributed by atoms with van der Waals surface area (Å²) in [7, 11) is 0. The van der Waals surface area contributed by atoms with E-state index in [4.69, 9.17) is 14.2 Å². The maximum Gasteiger partial charge on any atom is 0.410 e. The molecule has 0 spiro atoms. The highest BCUT2D eigenvalue weighted by molar-refractivity contribution is 5.68. The molecule has 2 aliphatic rings. The van der Waals surface area contributed by atoms with Crippen LogP contribution in [0, 0.1) is 0 Å². The number of hydrogen-bond donors (Lipinski definition) is 0. The third-order valence-electron chi connectivity index (χ3n) is 3.47. The molecule has 6 heteroatoms. The van der Waals surface area contributed by atoms with E-state index in [1.807, 2.05) is 20.8 Å². The highest BCUT2D eigenvalue weighted by Gasteiger charge is 2.29. The molecule has 116 valence electrons. The third kappa shape index (κ3) is 4.61. The molecule has 0 aromatic heterocycles. The SMILES string of the molecule is CC(C)(C)OC(=O)N1CCN(C2COCCOC2)CC1. The summed E-state index contributed by atoms with van der Waals surface area (Å²) in [6.07, 6.45) is -0.217. The van der Waals surface area contributed by atoms with Gasteiger partial charge >= 0.3 is 6.09 Å². The Morgan fingerprint density at radius 3 is 2.10 bits per heavy atom. The molecule has 1 amide bonds. The lowest BCUT2D eigenvalue weighted by molar-refractivity contribution is 0.000356. The lowest BCUT2D eigenvalue weighted by atomic mass is 10.2. The lowest BCUT2D eigenvalue weighted by Crippen LogP contribution is -2.54. The second-order valence-corrected chi connectivity index (χ2v) is 6.31. The average molecular weight is 286 g/mol. The normalized spacial score (nSPS) is 23.4. The summed E-state index contributed by atoms with van der Waals surface area (Å²) < 4.78 is 16.5. The first-order valence-electron chi connectivity index (χ1n) is 7.33. The lowest BCUT2D eigenvalue weighted by Gasteiger charge is -2.38. The van der Waals surface area contributed by atoms with Crippen LogP contribution in [0.25, 0.3) is 0 Å². The number of nitrogens with zero attached hydrogens (tertiary/aromatic N) is 2. The van der Waals surface area contributed by atoms with Crippen molar-refractivity contribution in [3.05, 3.63) is 0 Å². The molecule has 20 heavy (non-hydrogen) atoms. The molecule has 2 fully saturated rings. The number of carbonyl (C=O) groups is 1. The molecular formula is C14H26N2O4. The number of ether oxygens (including phenoxy) is 3. The van der Waals surface area contributed by atoms with Gasteiger partial charge in [-0.2, -0.15) is 0 Å². The zero-order valence-electron chi connectivity index (χ0n) is 12.8. The highest BCUT2D eigenvalue weighted by Crippen LogP contribution is 2.14. The van der Waals surface area contributed by atoms with Gasteiger partial charge in [0.25, 0.3) is 0 Å². The highest BCUT2D eigenvalue weighted by atomic mass is 16.6. The van der Waals surface area contributed by atoms with Gasteiger partial charge < -0.3 is 19.1 Å². The molecule has 0 saturated carbocycles. The van der Waals surface area contributed by atoms with Crippen LogP contribution < -0.4 is 0 Å². The van der Waals surface area contributed by atoms with Crippen molar-refractivity contribution in [3.8, 4) is 0 Å². The largest absolute Gasteiger partial charge is 0.444 e. The summed E-state index contributed by atoms with van der Waals surface area (Å²) in [6, 6.07) is 0.304. The van der Waals surface area contributed by atoms with E-state index in [1.165, 1.54) is 0 Å². The molecule has 2 saturated heterocycles. The smallest absolute Gasteiger partial charge is 0.410 e. The fourth-order valence-electron chi connectivity index (χ4n) is 2.41. The first kappa shape index (κ1) is 15.5. The number of hydrogen-bond acceptors (Lipinski definition) is 5. The minimum absolute atomic E-state index is 0.217. The second-order valence-electron chi connectivity index (χ2n) is 6.31. The molecule has 0 radical (unpaired) electrons. The molecule has 0 atom stereocenters. The van der Waals surface area contributed by atoms with Gasteiger partial charge in [0.2, 0.25) is 0 Å². The van der Waals surface area contributed by atoms with Crippen LogP contribution >= 0.6 is 0 Å². The van der Waals surface area contributed by atoms with Gasteiger partial charge in [0.15, 0.2) is 0 Å². The Kier molecular flexibility index (Phi) is 5.23. The van der Waals surface area contributed by atoms with Crippen LogP contribution in [0.15, 0.2) is 0 Å². The molecular weight excluding hydrogens is 260 g/mol. The van der Waals surface area contributed by atoms with Crippen LogP contribution in [0.5, 0.6) is 0 Å².